The van der Waals surface area contributed by atoms with Gasteiger partial charge < -0.3 is 9.80 Å². The molecular formula is C24H39N3O4S. The Morgan fingerprint density at radius 2 is 1.75 bits per heavy atom. The van der Waals surface area contributed by atoms with Crippen molar-refractivity contribution in [3.63, 3.8) is 0 Å². The zero-order valence-electron chi connectivity index (χ0n) is 20.2. The van der Waals surface area contributed by atoms with Crippen molar-refractivity contribution in [1.29, 1.82) is 0 Å². The van der Waals surface area contributed by atoms with E-state index < -0.39 is 10.0 Å². The minimum atomic E-state index is -3.46. The normalized spacial score (nSPS) is 15.4. The summed E-state index contributed by atoms with van der Waals surface area (Å²) in [4.78, 5) is 29.6. The molecule has 2 rings (SSSR count). The Kier molecular flexibility index (Phi) is 9.70. The molecule has 0 aliphatic carbocycles. The lowest BCUT2D eigenvalue weighted by atomic mass is 9.99. The molecule has 0 bridgehead atoms. The molecule has 0 atom stereocenters. The Balaban J connectivity index is 2.24. The summed E-state index contributed by atoms with van der Waals surface area (Å²) in [6, 6.07) is 7.94. The number of hydrogen-bond acceptors (Lipinski definition) is 4. The van der Waals surface area contributed by atoms with E-state index in [9.17, 15) is 18.0 Å². The maximum Gasteiger partial charge on any atom is 0.238 e. The Labute approximate surface area is 193 Å². The molecule has 8 heteroatoms. The molecule has 1 aliphatic heterocycles. The van der Waals surface area contributed by atoms with Crippen LogP contribution in [-0.4, -0.2) is 72.3 Å². The summed E-state index contributed by atoms with van der Waals surface area (Å²) in [6.45, 7) is 11.2. The molecule has 0 aromatic heterocycles. The van der Waals surface area contributed by atoms with Crippen molar-refractivity contribution in [3.8, 4) is 0 Å². The molecule has 1 fully saturated rings. The van der Waals surface area contributed by atoms with Crippen molar-refractivity contribution in [2.24, 2.45) is 5.92 Å². The number of hydrogen-bond donors (Lipinski definition) is 0. The zero-order chi connectivity index (χ0) is 23.9. The van der Waals surface area contributed by atoms with Crippen molar-refractivity contribution in [1.82, 2.24) is 14.1 Å². The molecule has 1 saturated heterocycles. The van der Waals surface area contributed by atoms with Gasteiger partial charge in [0.1, 0.15) is 0 Å². The van der Waals surface area contributed by atoms with Gasteiger partial charge in [-0.25, -0.2) is 8.42 Å². The highest BCUT2D eigenvalue weighted by Crippen LogP contribution is 2.22. The van der Waals surface area contributed by atoms with E-state index in [4.69, 9.17) is 0 Å². The van der Waals surface area contributed by atoms with Gasteiger partial charge in [-0.15, -0.1) is 0 Å². The Morgan fingerprint density at radius 1 is 1.12 bits per heavy atom. The van der Waals surface area contributed by atoms with Gasteiger partial charge in [-0.3, -0.25) is 9.59 Å². The van der Waals surface area contributed by atoms with Crippen LogP contribution in [0.25, 0.3) is 0 Å². The fourth-order valence-electron chi connectivity index (χ4n) is 4.15. The van der Waals surface area contributed by atoms with E-state index in [2.05, 4.69) is 0 Å². The van der Waals surface area contributed by atoms with Crippen molar-refractivity contribution in [2.75, 3.05) is 31.9 Å². The molecular weight excluding hydrogens is 426 g/mol. The lowest BCUT2D eigenvalue weighted by Gasteiger charge is -2.40. The summed E-state index contributed by atoms with van der Waals surface area (Å²) in [5.41, 5.74) is 2.16. The minimum Gasteiger partial charge on any atom is -0.342 e. The highest BCUT2D eigenvalue weighted by atomic mass is 32.2. The maximum atomic E-state index is 13.5. The Hall–Kier alpha value is -1.93. The first-order valence-electron chi connectivity index (χ1n) is 11.7. The molecule has 2 amide bonds. The number of likely N-dealkylation sites (tertiary alicyclic amines) is 1. The lowest BCUT2D eigenvalue weighted by molar-refractivity contribution is -0.139. The van der Waals surface area contributed by atoms with Crippen LogP contribution in [0.15, 0.2) is 24.3 Å². The van der Waals surface area contributed by atoms with Gasteiger partial charge in [0, 0.05) is 38.1 Å². The molecule has 1 aromatic rings. The van der Waals surface area contributed by atoms with Crippen LogP contribution in [0.4, 0.5) is 0 Å². The Morgan fingerprint density at radius 3 is 2.28 bits per heavy atom. The fraction of sp³-hybridized carbons (Fsp3) is 0.667. The van der Waals surface area contributed by atoms with Crippen molar-refractivity contribution >= 4 is 21.8 Å². The summed E-state index contributed by atoms with van der Waals surface area (Å²) >= 11 is 0. The van der Waals surface area contributed by atoms with Crippen LogP contribution in [0.1, 0.15) is 58.1 Å². The highest BCUT2D eigenvalue weighted by Gasteiger charge is 2.32. The molecule has 0 N–H and O–H groups in total. The molecule has 180 valence electrons. The first kappa shape index (κ1) is 26.3. The van der Waals surface area contributed by atoms with Crippen LogP contribution < -0.4 is 0 Å². The molecule has 0 saturated carbocycles. The quantitative estimate of drug-likeness (QED) is 0.532. The second-order valence-corrected chi connectivity index (χ2v) is 11.2. The number of sulfonamides is 1. The van der Waals surface area contributed by atoms with E-state index in [1.165, 1.54) is 4.31 Å². The number of nitrogens with zero attached hydrogens (tertiary/aromatic N) is 3. The number of amides is 2. The Bertz CT molecular complexity index is 877. The third kappa shape index (κ3) is 6.78. The topological polar surface area (TPSA) is 78.0 Å². The fourth-order valence-corrected chi connectivity index (χ4v) is 5.28. The zero-order valence-corrected chi connectivity index (χ0v) is 21.0. The number of piperidine rings is 1. The summed E-state index contributed by atoms with van der Waals surface area (Å²) in [6.07, 6.45) is 2.05. The molecule has 0 unspecified atom stereocenters. The lowest BCUT2D eigenvalue weighted by Crippen LogP contribution is -2.52. The SMILES string of the molecule is CCCN(CC(=O)N(Cc1ccccc1C)C1CCN(C(=O)C(C)C)CC1)S(=O)(=O)CC. The average Bonchev–Trinajstić information content (AvgIpc) is 2.77. The third-order valence-electron chi connectivity index (χ3n) is 6.18. The van der Waals surface area contributed by atoms with E-state index in [0.717, 1.165) is 11.1 Å². The van der Waals surface area contributed by atoms with E-state index >= 15 is 0 Å². The van der Waals surface area contributed by atoms with Gasteiger partial charge in [0.05, 0.1) is 12.3 Å². The van der Waals surface area contributed by atoms with E-state index in [-0.39, 0.29) is 36.1 Å². The number of carbonyl (C=O) groups excluding carboxylic acids is 2. The predicted octanol–water partition coefficient (Wildman–Crippen LogP) is 3.03. The predicted molar refractivity (Wildman–Crippen MR) is 127 cm³/mol. The van der Waals surface area contributed by atoms with Crippen LogP contribution >= 0.6 is 0 Å². The molecule has 0 radical (unpaired) electrons. The first-order chi connectivity index (χ1) is 15.1. The van der Waals surface area contributed by atoms with Gasteiger partial charge in [-0.2, -0.15) is 4.31 Å². The average molecular weight is 466 g/mol. The first-order valence-corrected chi connectivity index (χ1v) is 13.3. The molecule has 32 heavy (non-hydrogen) atoms. The smallest absolute Gasteiger partial charge is 0.238 e. The van der Waals surface area contributed by atoms with Crippen molar-refractivity contribution in [3.05, 3.63) is 35.4 Å². The minimum absolute atomic E-state index is 0.0201. The molecule has 0 spiro atoms. The van der Waals surface area contributed by atoms with Crippen LogP contribution in [0.3, 0.4) is 0 Å². The number of aryl methyl sites for hydroxylation is 1. The molecule has 1 aliphatic rings. The van der Waals surface area contributed by atoms with Gasteiger partial charge in [0.15, 0.2) is 0 Å². The summed E-state index contributed by atoms with van der Waals surface area (Å²) < 4.78 is 26.4. The van der Waals surface area contributed by atoms with Gasteiger partial charge in [0.2, 0.25) is 21.8 Å². The standard InChI is InChI=1S/C24H39N3O4S/c1-6-14-26(32(30,31)7-2)18-23(28)27(17-21-11-9-8-10-20(21)5)22-12-15-25(16-13-22)24(29)19(3)4/h8-11,19,22H,6-7,12-18H2,1-5H3. The second kappa shape index (κ2) is 11.8. The monoisotopic (exact) mass is 465 g/mol. The van der Waals surface area contributed by atoms with Gasteiger partial charge >= 0.3 is 0 Å². The van der Waals surface area contributed by atoms with Crippen molar-refractivity contribution in [2.45, 2.75) is 66.5 Å². The van der Waals surface area contributed by atoms with Gasteiger partial charge in [-0.05, 0) is 44.2 Å². The summed E-state index contributed by atoms with van der Waals surface area (Å²) in [5.74, 6) is -0.0952. The highest BCUT2D eigenvalue weighted by molar-refractivity contribution is 7.89. The number of carbonyl (C=O) groups is 2. The molecule has 1 aromatic carbocycles. The maximum absolute atomic E-state index is 13.5. The second-order valence-electron chi connectivity index (χ2n) is 8.89. The van der Waals surface area contributed by atoms with Crippen LogP contribution in [0.2, 0.25) is 0 Å². The largest absolute Gasteiger partial charge is 0.342 e. The number of rotatable bonds is 10. The van der Waals surface area contributed by atoms with Gasteiger partial charge in [0.25, 0.3) is 0 Å². The van der Waals surface area contributed by atoms with Crippen LogP contribution in [0, 0.1) is 12.8 Å². The van der Waals surface area contributed by atoms with E-state index in [1.54, 1.807) is 6.92 Å². The van der Waals surface area contributed by atoms with Gasteiger partial charge in [-0.1, -0.05) is 45.0 Å². The molecule has 1 heterocycles. The van der Waals surface area contributed by atoms with Crippen LogP contribution in [-0.2, 0) is 26.2 Å². The van der Waals surface area contributed by atoms with Crippen LogP contribution in [0.5, 0.6) is 0 Å². The van der Waals surface area contributed by atoms with E-state index in [0.29, 0.717) is 45.4 Å². The summed E-state index contributed by atoms with van der Waals surface area (Å²) in [7, 11) is -3.46. The van der Waals surface area contributed by atoms with Crippen molar-refractivity contribution < 1.29 is 18.0 Å². The van der Waals surface area contributed by atoms with E-state index in [1.807, 2.05) is 61.8 Å². The number of benzene rings is 1. The third-order valence-corrected chi connectivity index (χ3v) is 8.00. The molecule has 7 nitrogen and oxygen atoms in total. The summed E-state index contributed by atoms with van der Waals surface area (Å²) in [5, 5.41) is 0.